The molecule has 140 valence electrons. The summed E-state index contributed by atoms with van der Waals surface area (Å²) in [5, 5.41) is 2.02. The highest BCUT2D eigenvalue weighted by molar-refractivity contribution is 7.89. The molecule has 0 spiro atoms. The number of likely N-dealkylation sites (tertiary alicyclic amines) is 1. The minimum Gasteiger partial charge on any atom is -0.331 e. The molecule has 26 heavy (non-hydrogen) atoms. The molecule has 1 atom stereocenters. The van der Waals surface area contributed by atoms with Crippen molar-refractivity contribution in [3.63, 3.8) is 0 Å². The van der Waals surface area contributed by atoms with Gasteiger partial charge >= 0.3 is 0 Å². The van der Waals surface area contributed by atoms with Gasteiger partial charge in [0.1, 0.15) is 0 Å². The molecule has 1 aliphatic heterocycles. The van der Waals surface area contributed by atoms with Gasteiger partial charge in [-0.25, -0.2) is 8.42 Å². The Balaban J connectivity index is 1.89. The number of nitrogens with zero attached hydrogens (tertiary/aromatic N) is 2. The fourth-order valence-corrected chi connectivity index (χ4v) is 5.47. The first kappa shape index (κ1) is 19.1. The molecule has 5 nitrogen and oxygen atoms in total. The van der Waals surface area contributed by atoms with Gasteiger partial charge in [0.15, 0.2) is 0 Å². The summed E-state index contributed by atoms with van der Waals surface area (Å²) >= 11 is 1.65. The van der Waals surface area contributed by atoms with Gasteiger partial charge in [0.2, 0.25) is 10.0 Å². The summed E-state index contributed by atoms with van der Waals surface area (Å²) in [4.78, 5) is 16.3. The Labute approximate surface area is 159 Å². The maximum Gasteiger partial charge on any atom is 0.254 e. The molecule has 0 N–H and O–H groups in total. The van der Waals surface area contributed by atoms with Crippen molar-refractivity contribution in [1.82, 2.24) is 9.21 Å². The molecule has 3 rings (SSSR count). The highest BCUT2D eigenvalue weighted by Gasteiger charge is 2.32. The summed E-state index contributed by atoms with van der Waals surface area (Å²) < 4.78 is 26.8. The molecule has 1 fully saturated rings. The largest absolute Gasteiger partial charge is 0.331 e. The lowest BCUT2D eigenvalue weighted by atomic mass is 10.1. The van der Waals surface area contributed by atoms with E-state index >= 15 is 0 Å². The van der Waals surface area contributed by atoms with Crippen molar-refractivity contribution in [2.45, 2.75) is 43.7 Å². The molecule has 2 aromatic rings. The fraction of sp³-hybridized carbons (Fsp3) is 0.421. The molecule has 0 radical (unpaired) electrons. The van der Waals surface area contributed by atoms with Gasteiger partial charge in [-0.05, 0) is 56.3 Å². The zero-order valence-corrected chi connectivity index (χ0v) is 16.9. The summed E-state index contributed by atoms with van der Waals surface area (Å²) in [6, 6.07) is 10.4. The Bertz CT molecular complexity index is 876. The lowest BCUT2D eigenvalue weighted by molar-refractivity contribution is 0.0737. The van der Waals surface area contributed by atoms with Gasteiger partial charge in [0.25, 0.3) is 5.91 Å². The summed E-state index contributed by atoms with van der Waals surface area (Å²) in [7, 11) is -2.05. The number of hydrogen-bond donors (Lipinski definition) is 0. The third kappa shape index (κ3) is 3.56. The van der Waals surface area contributed by atoms with E-state index in [1.807, 2.05) is 30.2 Å². The van der Waals surface area contributed by atoms with Crippen LogP contribution in [0.25, 0.3) is 0 Å². The Morgan fingerprint density at radius 2 is 2.04 bits per heavy atom. The van der Waals surface area contributed by atoms with E-state index in [2.05, 4.69) is 6.07 Å². The number of amides is 1. The Morgan fingerprint density at radius 1 is 1.27 bits per heavy atom. The Morgan fingerprint density at radius 3 is 2.69 bits per heavy atom. The first-order chi connectivity index (χ1) is 12.3. The number of thiophene rings is 1. The van der Waals surface area contributed by atoms with Crippen molar-refractivity contribution in [2.24, 2.45) is 0 Å². The third-order valence-corrected chi connectivity index (χ3v) is 7.87. The molecule has 0 saturated carbocycles. The predicted octanol–water partition coefficient (Wildman–Crippen LogP) is 3.75. The topological polar surface area (TPSA) is 57.7 Å². The second kappa shape index (κ2) is 7.50. The van der Waals surface area contributed by atoms with Gasteiger partial charge < -0.3 is 4.90 Å². The van der Waals surface area contributed by atoms with Crippen molar-refractivity contribution in [1.29, 1.82) is 0 Å². The fourth-order valence-electron chi connectivity index (χ4n) is 3.19. The Kier molecular flexibility index (Phi) is 5.50. The molecule has 0 aliphatic carbocycles. The smallest absolute Gasteiger partial charge is 0.254 e. The average molecular weight is 393 g/mol. The van der Waals surface area contributed by atoms with Crippen LogP contribution in [0.15, 0.2) is 46.7 Å². The summed E-state index contributed by atoms with van der Waals surface area (Å²) in [6.45, 7) is 4.34. The van der Waals surface area contributed by atoms with Gasteiger partial charge in [0, 0.05) is 30.1 Å². The zero-order valence-electron chi connectivity index (χ0n) is 15.3. The highest BCUT2D eigenvalue weighted by Crippen LogP contribution is 2.35. The molecule has 1 unspecified atom stereocenters. The predicted molar refractivity (Wildman–Crippen MR) is 104 cm³/mol. The lowest BCUT2D eigenvalue weighted by Gasteiger charge is -2.25. The third-order valence-electron chi connectivity index (χ3n) is 4.87. The minimum atomic E-state index is -3.61. The summed E-state index contributed by atoms with van der Waals surface area (Å²) in [5.41, 5.74) is 0.423. The number of carbonyl (C=O) groups excluding carboxylic acids is 1. The molecular weight excluding hydrogens is 368 g/mol. The lowest BCUT2D eigenvalue weighted by Crippen LogP contribution is -2.33. The van der Waals surface area contributed by atoms with Crippen LogP contribution in [0.3, 0.4) is 0 Å². The molecule has 0 bridgehead atoms. The normalized spacial score (nSPS) is 18.0. The monoisotopic (exact) mass is 392 g/mol. The summed E-state index contributed by atoms with van der Waals surface area (Å²) in [5.74, 6) is -0.106. The van der Waals surface area contributed by atoms with Gasteiger partial charge in [-0.3, -0.25) is 4.79 Å². The van der Waals surface area contributed by atoms with E-state index in [0.29, 0.717) is 12.1 Å². The van der Waals surface area contributed by atoms with Crippen LogP contribution in [0, 0.1) is 0 Å². The molecule has 2 heterocycles. The summed E-state index contributed by atoms with van der Waals surface area (Å²) in [6.07, 6.45) is 1.91. The second-order valence-electron chi connectivity index (χ2n) is 6.81. The first-order valence-corrected chi connectivity index (χ1v) is 11.1. The number of benzene rings is 1. The van der Waals surface area contributed by atoms with Crippen molar-refractivity contribution in [3.8, 4) is 0 Å². The van der Waals surface area contributed by atoms with Gasteiger partial charge in [-0.2, -0.15) is 4.31 Å². The number of rotatable bonds is 5. The van der Waals surface area contributed by atoms with Gasteiger partial charge in [-0.1, -0.05) is 12.1 Å². The van der Waals surface area contributed by atoms with Gasteiger partial charge in [0.05, 0.1) is 10.9 Å². The van der Waals surface area contributed by atoms with Crippen LogP contribution in [0.4, 0.5) is 0 Å². The van der Waals surface area contributed by atoms with E-state index in [9.17, 15) is 13.2 Å². The van der Waals surface area contributed by atoms with E-state index in [1.165, 1.54) is 15.2 Å². The second-order valence-corrected chi connectivity index (χ2v) is 9.79. The standard InChI is InChI=1S/C19H24N2O3S2/c1-14(2)20(3)26(23,24)16-8-4-7-15(13-16)19(22)21-11-5-9-17(21)18-10-6-12-25-18/h4,6-8,10,12-14,17H,5,9,11H2,1-3H3. The number of sulfonamides is 1. The van der Waals surface area contributed by atoms with Crippen LogP contribution in [0.2, 0.25) is 0 Å². The molecule has 1 aromatic carbocycles. The zero-order chi connectivity index (χ0) is 18.9. The van der Waals surface area contributed by atoms with E-state index in [1.54, 1.807) is 36.6 Å². The quantitative estimate of drug-likeness (QED) is 0.779. The molecule has 1 aliphatic rings. The molecule has 1 aromatic heterocycles. The highest BCUT2D eigenvalue weighted by atomic mass is 32.2. The number of carbonyl (C=O) groups is 1. The molecule has 7 heteroatoms. The van der Waals surface area contributed by atoms with Crippen LogP contribution in [-0.2, 0) is 10.0 Å². The average Bonchev–Trinajstić information content (AvgIpc) is 3.31. The van der Waals surface area contributed by atoms with E-state index < -0.39 is 10.0 Å². The SMILES string of the molecule is CC(C)N(C)S(=O)(=O)c1cccc(C(=O)N2CCCC2c2cccs2)c1. The Hall–Kier alpha value is -1.70. The maximum absolute atomic E-state index is 13.1. The molecule has 1 saturated heterocycles. The van der Waals surface area contributed by atoms with Gasteiger partial charge in [-0.15, -0.1) is 11.3 Å². The van der Waals surface area contributed by atoms with E-state index in [4.69, 9.17) is 0 Å². The molecular formula is C19H24N2O3S2. The van der Waals surface area contributed by atoms with E-state index in [0.717, 1.165) is 12.8 Å². The van der Waals surface area contributed by atoms with Crippen molar-refractivity contribution < 1.29 is 13.2 Å². The number of hydrogen-bond acceptors (Lipinski definition) is 4. The van der Waals surface area contributed by atoms with Crippen LogP contribution >= 0.6 is 11.3 Å². The van der Waals surface area contributed by atoms with Crippen LogP contribution < -0.4 is 0 Å². The minimum absolute atomic E-state index is 0.0844. The first-order valence-electron chi connectivity index (χ1n) is 8.75. The van der Waals surface area contributed by atoms with Crippen LogP contribution in [-0.4, -0.2) is 43.2 Å². The maximum atomic E-state index is 13.1. The van der Waals surface area contributed by atoms with Crippen molar-refractivity contribution in [2.75, 3.05) is 13.6 Å². The van der Waals surface area contributed by atoms with Crippen LogP contribution in [0.5, 0.6) is 0 Å². The molecule has 1 amide bonds. The van der Waals surface area contributed by atoms with Crippen LogP contribution in [0.1, 0.15) is 48.0 Å². The van der Waals surface area contributed by atoms with Crippen molar-refractivity contribution in [3.05, 3.63) is 52.2 Å². The van der Waals surface area contributed by atoms with E-state index in [-0.39, 0.29) is 22.9 Å². The van der Waals surface area contributed by atoms with Crippen molar-refractivity contribution >= 4 is 27.3 Å².